The van der Waals surface area contributed by atoms with Gasteiger partial charge in [-0.25, -0.2) is 8.78 Å². The molecule has 0 saturated carbocycles. The van der Waals surface area contributed by atoms with Crippen LogP contribution < -0.4 is 10.2 Å². The molecule has 2 aromatic rings. The molecule has 0 unspecified atom stereocenters. The zero-order valence-corrected chi connectivity index (χ0v) is 13.0. The number of halogens is 2. The molecule has 3 rings (SSSR count). The normalized spacial score (nSPS) is 20.1. The maximum Gasteiger partial charge on any atom is 0.224 e. The smallest absolute Gasteiger partial charge is 0.224 e. The highest BCUT2D eigenvalue weighted by molar-refractivity contribution is 5.93. The fraction of sp³-hybridized carbons (Fsp3) is 0.278. The summed E-state index contributed by atoms with van der Waals surface area (Å²) in [5.41, 5.74) is 2.07. The molecule has 1 N–H and O–H groups in total. The standard InChI is InChI=1S/C18H18F2N2O/c1-11-8-17(21-15-5-3-4-13(19)9-15)16-7-6-14(20)10-18(16)22(11)12(2)23/h3-7,9-11,17,21H,8H2,1-2H3/t11-,17+/m0/s1. The minimum absolute atomic E-state index is 0.0761. The van der Waals surface area contributed by atoms with Crippen molar-refractivity contribution in [3.8, 4) is 0 Å². The van der Waals surface area contributed by atoms with Crippen LogP contribution in [0.25, 0.3) is 0 Å². The van der Waals surface area contributed by atoms with Gasteiger partial charge in [-0.1, -0.05) is 12.1 Å². The van der Waals surface area contributed by atoms with E-state index in [9.17, 15) is 13.6 Å². The Labute approximate surface area is 133 Å². The second-order valence-electron chi connectivity index (χ2n) is 5.88. The number of anilines is 2. The predicted molar refractivity (Wildman–Crippen MR) is 86.4 cm³/mol. The van der Waals surface area contributed by atoms with Crippen molar-refractivity contribution in [2.24, 2.45) is 0 Å². The Morgan fingerprint density at radius 3 is 2.61 bits per heavy atom. The van der Waals surface area contributed by atoms with Gasteiger partial charge in [-0.3, -0.25) is 4.79 Å². The van der Waals surface area contributed by atoms with Crippen LogP contribution in [0.1, 0.15) is 31.9 Å². The lowest BCUT2D eigenvalue weighted by molar-refractivity contribution is -0.117. The summed E-state index contributed by atoms with van der Waals surface area (Å²) in [5, 5.41) is 3.29. The van der Waals surface area contributed by atoms with Crippen LogP contribution in [-0.4, -0.2) is 11.9 Å². The number of hydrogen-bond acceptors (Lipinski definition) is 2. The third kappa shape index (κ3) is 3.04. The number of amides is 1. The van der Waals surface area contributed by atoms with Crippen LogP contribution >= 0.6 is 0 Å². The largest absolute Gasteiger partial charge is 0.378 e. The molecular weight excluding hydrogens is 298 g/mol. The lowest BCUT2D eigenvalue weighted by Crippen LogP contribution is -2.43. The van der Waals surface area contributed by atoms with Crippen molar-refractivity contribution in [2.75, 3.05) is 10.2 Å². The average Bonchev–Trinajstić information content (AvgIpc) is 2.46. The highest BCUT2D eigenvalue weighted by Crippen LogP contribution is 2.39. The van der Waals surface area contributed by atoms with Crippen molar-refractivity contribution < 1.29 is 13.6 Å². The third-order valence-electron chi connectivity index (χ3n) is 4.15. The van der Waals surface area contributed by atoms with E-state index in [1.165, 1.54) is 31.2 Å². The minimum atomic E-state index is -0.381. The quantitative estimate of drug-likeness (QED) is 0.897. The van der Waals surface area contributed by atoms with Gasteiger partial charge in [0, 0.05) is 18.7 Å². The minimum Gasteiger partial charge on any atom is -0.378 e. The monoisotopic (exact) mass is 316 g/mol. The van der Waals surface area contributed by atoms with Crippen LogP contribution in [-0.2, 0) is 4.79 Å². The maximum atomic E-state index is 13.7. The van der Waals surface area contributed by atoms with Crippen LogP contribution in [0, 0.1) is 11.6 Å². The van der Waals surface area contributed by atoms with E-state index in [0.717, 1.165) is 5.56 Å². The molecule has 0 aromatic heterocycles. The highest BCUT2D eigenvalue weighted by atomic mass is 19.1. The molecule has 2 atom stereocenters. The molecule has 0 aliphatic carbocycles. The first-order valence-corrected chi connectivity index (χ1v) is 7.57. The zero-order chi connectivity index (χ0) is 16.6. The summed E-state index contributed by atoms with van der Waals surface area (Å²) in [5.74, 6) is -0.814. The van der Waals surface area contributed by atoms with Gasteiger partial charge in [0.1, 0.15) is 11.6 Å². The number of rotatable bonds is 2. The van der Waals surface area contributed by atoms with Gasteiger partial charge in [-0.05, 0) is 49.2 Å². The van der Waals surface area contributed by atoms with Gasteiger partial charge in [0.2, 0.25) is 5.91 Å². The molecule has 2 aromatic carbocycles. The number of carbonyl (C=O) groups is 1. The molecule has 5 heteroatoms. The van der Waals surface area contributed by atoms with Crippen LogP contribution in [0.15, 0.2) is 42.5 Å². The summed E-state index contributed by atoms with van der Waals surface area (Å²) in [6.07, 6.45) is 0.661. The second kappa shape index (κ2) is 5.99. The number of nitrogens with zero attached hydrogens (tertiary/aromatic N) is 1. The molecule has 0 fully saturated rings. The van der Waals surface area contributed by atoms with E-state index in [0.29, 0.717) is 17.8 Å². The van der Waals surface area contributed by atoms with Crippen molar-refractivity contribution in [1.29, 1.82) is 0 Å². The van der Waals surface area contributed by atoms with E-state index in [-0.39, 0.29) is 29.6 Å². The molecule has 1 heterocycles. The molecular formula is C18H18F2N2O. The molecule has 120 valence electrons. The second-order valence-corrected chi connectivity index (χ2v) is 5.88. The van der Waals surface area contributed by atoms with Gasteiger partial charge in [-0.15, -0.1) is 0 Å². The van der Waals surface area contributed by atoms with E-state index < -0.39 is 0 Å². The number of hydrogen-bond donors (Lipinski definition) is 1. The first-order chi connectivity index (χ1) is 11.0. The molecule has 23 heavy (non-hydrogen) atoms. The Morgan fingerprint density at radius 2 is 1.91 bits per heavy atom. The lowest BCUT2D eigenvalue weighted by atomic mass is 9.91. The van der Waals surface area contributed by atoms with E-state index >= 15 is 0 Å². The third-order valence-corrected chi connectivity index (χ3v) is 4.15. The van der Waals surface area contributed by atoms with Gasteiger partial charge in [-0.2, -0.15) is 0 Å². The topological polar surface area (TPSA) is 32.3 Å². The lowest BCUT2D eigenvalue weighted by Gasteiger charge is -2.39. The van der Waals surface area contributed by atoms with Gasteiger partial charge >= 0.3 is 0 Å². The van der Waals surface area contributed by atoms with Crippen molar-refractivity contribution in [3.63, 3.8) is 0 Å². The zero-order valence-electron chi connectivity index (χ0n) is 13.0. The van der Waals surface area contributed by atoms with E-state index in [1.54, 1.807) is 23.1 Å². The van der Waals surface area contributed by atoms with Crippen molar-refractivity contribution in [3.05, 3.63) is 59.7 Å². The summed E-state index contributed by atoms with van der Waals surface area (Å²) < 4.78 is 27.0. The molecule has 0 radical (unpaired) electrons. The van der Waals surface area contributed by atoms with Crippen LogP contribution in [0.3, 0.4) is 0 Å². The molecule has 1 aliphatic rings. The summed E-state index contributed by atoms with van der Waals surface area (Å²) in [4.78, 5) is 13.5. The molecule has 1 amide bonds. The number of carbonyl (C=O) groups excluding carboxylic acids is 1. The Bertz CT molecular complexity index is 748. The summed E-state index contributed by atoms with van der Waals surface area (Å²) in [6.45, 7) is 3.40. The summed E-state index contributed by atoms with van der Waals surface area (Å²) >= 11 is 0. The van der Waals surface area contributed by atoms with Crippen LogP contribution in [0.5, 0.6) is 0 Å². The average molecular weight is 316 g/mol. The number of benzene rings is 2. The van der Waals surface area contributed by atoms with Gasteiger partial charge < -0.3 is 10.2 Å². The SMILES string of the molecule is CC(=O)N1c2cc(F)ccc2[C@H](Nc2cccc(F)c2)C[C@@H]1C. The van der Waals surface area contributed by atoms with Crippen molar-refractivity contribution >= 4 is 17.3 Å². The predicted octanol–water partition coefficient (Wildman–Crippen LogP) is 4.26. The maximum absolute atomic E-state index is 13.7. The van der Waals surface area contributed by atoms with Crippen LogP contribution in [0.4, 0.5) is 20.2 Å². The van der Waals surface area contributed by atoms with E-state index in [1.807, 2.05) is 6.92 Å². The van der Waals surface area contributed by atoms with Gasteiger partial charge in [0.15, 0.2) is 0 Å². The van der Waals surface area contributed by atoms with Gasteiger partial charge in [0.25, 0.3) is 0 Å². The Kier molecular flexibility index (Phi) is 4.03. The van der Waals surface area contributed by atoms with Crippen LogP contribution in [0.2, 0.25) is 0 Å². The molecule has 0 spiro atoms. The van der Waals surface area contributed by atoms with Crippen molar-refractivity contribution in [1.82, 2.24) is 0 Å². The Balaban J connectivity index is 1.99. The molecule has 0 bridgehead atoms. The molecule has 0 saturated heterocycles. The summed E-state index contributed by atoms with van der Waals surface area (Å²) in [6, 6.07) is 10.5. The van der Waals surface area contributed by atoms with Crippen molar-refractivity contribution in [2.45, 2.75) is 32.4 Å². The first-order valence-electron chi connectivity index (χ1n) is 7.57. The van der Waals surface area contributed by atoms with E-state index in [4.69, 9.17) is 0 Å². The Morgan fingerprint density at radius 1 is 1.17 bits per heavy atom. The Hall–Kier alpha value is -2.43. The first kappa shape index (κ1) is 15.5. The summed E-state index contributed by atoms with van der Waals surface area (Å²) in [7, 11) is 0. The molecule has 3 nitrogen and oxygen atoms in total. The van der Waals surface area contributed by atoms with E-state index in [2.05, 4.69) is 5.32 Å². The molecule has 1 aliphatic heterocycles. The van der Waals surface area contributed by atoms with Gasteiger partial charge in [0.05, 0.1) is 11.7 Å². The number of nitrogens with one attached hydrogen (secondary N) is 1. The highest BCUT2D eigenvalue weighted by Gasteiger charge is 2.32. The number of fused-ring (bicyclic) bond motifs is 1. The fourth-order valence-electron chi connectivity index (χ4n) is 3.23. The fourth-order valence-corrected chi connectivity index (χ4v) is 3.23.